The molecule has 1 aliphatic carbocycles. The Morgan fingerprint density at radius 3 is 2.38 bits per heavy atom. The van der Waals surface area contributed by atoms with Crippen molar-refractivity contribution in [3.05, 3.63) is 34.3 Å². The van der Waals surface area contributed by atoms with Gasteiger partial charge in [-0.1, -0.05) is 34.1 Å². The Morgan fingerprint density at radius 2 is 1.94 bits per heavy atom. The first-order valence-electron chi connectivity index (χ1n) is 5.08. The molecule has 3 nitrogen and oxygen atoms in total. The first-order valence-corrected chi connectivity index (χ1v) is 5.87. The minimum Gasteiger partial charge on any atom is -0.481 e. The van der Waals surface area contributed by atoms with E-state index in [1.54, 1.807) is 13.0 Å². The van der Waals surface area contributed by atoms with E-state index in [1.807, 2.05) is 18.2 Å². The van der Waals surface area contributed by atoms with Crippen molar-refractivity contribution in [1.82, 2.24) is 0 Å². The molecule has 0 amide bonds. The molecule has 16 heavy (non-hydrogen) atoms. The zero-order valence-electron chi connectivity index (χ0n) is 8.90. The van der Waals surface area contributed by atoms with Gasteiger partial charge in [0, 0.05) is 4.47 Å². The molecule has 4 heteroatoms. The van der Waals surface area contributed by atoms with E-state index < -0.39 is 17.0 Å². The summed E-state index contributed by atoms with van der Waals surface area (Å²) in [7, 11) is 0. The van der Waals surface area contributed by atoms with E-state index in [-0.39, 0.29) is 12.8 Å². The SMILES string of the molecule is CC1(O)CC(C(=O)O)(c2ccccc2Br)C1. The van der Waals surface area contributed by atoms with Crippen LogP contribution in [0.25, 0.3) is 0 Å². The fourth-order valence-electron chi connectivity index (χ4n) is 2.55. The van der Waals surface area contributed by atoms with Crippen molar-refractivity contribution < 1.29 is 15.0 Å². The van der Waals surface area contributed by atoms with Gasteiger partial charge in [0.2, 0.25) is 0 Å². The first-order chi connectivity index (χ1) is 7.37. The fraction of sp³-hybridized carbons (Fsp3) is 0.417. The second-order valence-electron chi connectivity index (χ2n) is 4.72. The Balaban J connectivity index is 2.44. The summed E-state index contributed by atoms with van der Waals surface area (Å²) < 4.78 is 0.785. The van der Waals surface area contributed by atoms with Gasteiger partial charge in [-0.25, -0.2) is 0 Å². The normalized spacial score (nSPS) is 33.2. The molecule has 0 spiro atoms. The van der Waals surface area contributed by atoms with Gasteiger partial charge in [-0.2, -0.15) is 0 Å². The third-order valence-corrected chi connectivity index (χ3v) is 3.86. The molecule has 2 N–H and O–H groups in total. The molecular weight excluding hydrogens is 272 g/mol. The van der Waals surface area contributed by atoms with Crippen LogP contribution in [0.3, 0.4) is 0 Å². The Labute approximate surface area is 102 Å². The van der Waals surface area contributed by atoms with Crippen LogP contribution in [0.2, 0.25) is 0 Å². The summed E-state index contributed by atoms with van der Waals surface area (Å²) in [6.45, 7) is 1.67. The smallest absolute Gasteiger partial charge is 0.314 e. The van der Waals surface area contributed by atoms with Gasteiger partial charge in [-0.05, 0) is 31.4 Å². The predicted octanol–water partition coefficient (Wildman–Crippen LogP) is 2.32. The van der Waals surface area contributed by atoms with Crippen molar-refractivity contribution in [1.29, 1.82) is 0 Å². The summed E-state index contributed by atoms with van der Waals surface area (Å²) in [5, 5.41) is 19.1. The quantitative estimate of drug-likeness (QED) is 0.876. The topological polar surface area (TPSA) is 57.5 Å². The summed E-state index contributed by atoms with van der Waals surface area (Å²) in [4.78, 5) is 11.4. The molecule has 1 saturated carbocycles. The number of aliphatic carboxylic acids is 1. The minimum atomic E-state index is -0.941. The van der Waals surface area contributed by atoms with Gasteiger partial charge < -0.3 is 10.2 Å². The van der Waals surface area contributed by atoms with E-state index >= 15 is 0 Å². The number of carboxylic acid groups (broad SMARTS) is 1. The second kappa shape index (κ2) is 3.57. The van der Waals surface area contributed by atoms with Crippen LogP contribution in [-0.2, 0) is 10.2 Å². The van der Waals surface area contributed by atoms with Crippen LogP contribution in [0.4, 0.5) is 0 Å². The molecule has 0 unspecified atom stereocenters. The van der Waals surface area contributed by atoms with Crippen molar-refractivity contribution in [2.75, 3.05) is 0 Å². The molecule has 0 atom stereocenters. The van der Waals surface area contributed by atoms with Gasteiger partial charge in [-0.15, -0.1) is 0 Å². The third-order valence-electron chi connectivity index (χ3n) is 3.16. The van der Waals surface area contributed by atoms with Crippen molar-refractivity contribution in [3.63, 3.8) is 0 Å². The second-order valence-corrected chi connectivity index (χ2v) is 5.57. The average Bonchev–Trinajstić information content (AvgIpc) is 2.14. The van der Waals surface area contributed by atoms with Crippen LogP contribution < -0.4 is 0 Å². The monoisotopic (exact) mass is 284 g/mol. The summed E-state index contributed by atoms with van der Waals surface area (Å²) in [6, 6.07) is 7.29. The molecule has 1 fully saturated rings. The van der Waals surface area contributed by atoms with Crippen LogP contribution in [-0.4, -0.2) is 21.8 Å². The van der Waals surface area contributed by atoms with Crippen LogP contribution in [0.15, 0.2) is 28.7 Å². The van der Waals surface area contributed by atoms with Gasteiger partial charge >= 0.3 is 5.97 Å². The van der Waals surface area contributed by atoms with Crippen LogP contribution in [0.5, 0.6) is 0 Å². The number of benzene rings is 1. The van der Waals surface area contributed by atoms with Crippen LogP contribution in [0, 0.1) is 0 Å². The molecule has 1 aromatic carbocycles. The van der Waals surface area contributed by atoms with Crippen LogP contribution in [0.1, 0.15) is 25.3 Å². The van der Waals surface area contributed by atoms with E-state index in [0.29, 0.717) is 0 Å². The minimum absolute atomic E-state index is 0.262. The largest absolute Gasteiger partial charge is 0.481 e. The highest BCUT2D eigenvalue weighted by molar-refractivity contribution is 9.10. The summed E-state index contributed by atoms with van der Waals surface area (Å²) in [6.07, 6.45) is 0.524. The zero-order valence-corrected chi connectivity index (χ0v) is 10.5. The molecule has 1 aromatic rings. The standard InChI is InChI=1S/C12H13BrO3/c1-11(16)6-12(7-11,10(14)15)8-4-2-3-5-9(8)13/h2-5,16H,6-7H2,1H3,(H,14,15). The molecule has 1 aliphatic rings. The first kappa shape index (κ1) is 11.6. The molecule has 0 saturated heterocycles. The third kappa shape index (κ3) is 1.66. The lowest BCUT2D eigenvalue weighted by Crippen LogP contribution is -2.57. The molecule has 0 aliphatic heterocycles. The predicted molar refractivity (Wildman–Crippen MR) is 63.3 cm³/mol. The van der Waals surface area contributed by atoms with Crippen molar-refractivity contribution in [2.45, 2.75) is 30.8 Å². The fourth-order valence-corrected chi connectivity index (χ4v) is 3.22. The zero-order chi connectivity index (χ0) is 12.0. The Bertz CT molecular complexity index is 432. The van der Waals surface area contributed by atoms with Crippen molar-refractivity contribution >= 4 is 21.9 Å². The number of rotatable bonds is 2. The van der Waals surface area contributed by atoms with E-state index in [9.17, 15) is 15.0 Å². The summed E-state index contributed by atoms with van der Waals surface area (Å²) >= 11 is 3.37. The van der Waals surface area contributed by atoms with Gasteiger partial charge in [0.05, 0.1) is 11.0 Å². The van der Waals surface area contributed by atoms with Gasteiger partial charge in [0.1, 0.15) is 0 Å². The number of hydrogen-bond donors (Lipinski definition) is 2. The van der Waals surface area contributed by atoms with Gasteiger partial charge in [-0.3, -0.25) is 4.79 Å². The molecule has 2 rings (SSSR count). The molecular formula is C12H13BrO3. The van der Waals surface area contributed by atoms with E-state index in [0.717, 1.165) is 10.0 Å². The maximum Gasteiger partial charge on any atom is 0.314 e. The highest BCUT2D eigenvalue weighted by Crippen LogP contribution is 2.51. The van der Waals surface area contributed by atoms with E-state index in [2.05, 4.69) is 15.9 Å². The highest BCUT2D eigenvalue weighted by atomic mass is 79.9. The maximum absolute atomic E-state index is 11.4. The molecule has 0 heterocycles. The molecule has 86 valence electrons. The lowest BCUT2D eigenvalue weighted by atomic mass is 9.57. The Hall–Kier alpha value is -0.870. The summed E-state index contributed by atoms with van der Waals surface area (Å²) in [5.74, 6) is -0.870. The highest BCUT2D eigenvalue weighted by Gasteiger charge is 2.57. The number of carbonyl (C=O) groups is 1. The number of carboxylic acids is 1. The Morgan fingerprint density at radius 1 is 1.38 bits per heavy atom. The van der Waals surface area contributed by atoms with Crippen molar-refractivity contribution in [2.24, 2.45) is 0 Å². The molecule has 0 aromatic heterocycles. The number of hydrogen-bond acceptors (Lipinski definition) is 2. The number of halogens is 1. The van der Waals surface area contributed by atoms with Crippen molar-refractivity contribution in [3.8, 4) is 0 Å². The summed E-state index contributed by atoms with van der Waals surface area (Å²) in [5.41, 5.74) is -1.06. The Kier molecular flexibility index (Phi) is 2.59. The van der Waals surface area contributed by atoms with Crippen LogP contribution >= 0.6 is 15.9 Å². The van der Waals surface area contributed by atoms with Gasteiger partial charge in [0.15, 0.2) is 0 Å². The molecule has 0 radical (unpaired) electrons. The molecule has 0 bridgehead atoms. The van der Waals surface area contributed by atoms with Gasteiger partial charge in [0.25, 0.3) is 0 Å². The van der Waals surface area contributed by atoms with E-state index in [1.165, 1.54) is 0 Å². The number of aliphatic hydroxyl groups is 1. The average molecular weight is 285 g/mol. The van der Waals surface area contributed by atoms with E-state index in [4.69, 9.17) is 0 Å². The lowest BCUT2D eigenvalue weighted by molar-refractivity contribution is -0.162. The lowest BCUT2D eigenvalue weighted by Gasteiger charge is -2.49. The maximum atomic E-state index is 11.4.